The van der Waals surface area contributed by atoms with Crippen molar-refractivity contribution in [3.05, 3.63) is 53.7 Å². The van der Waals surface area contributed by atoms with Gasteiger partial charge in [0.05, 0.1) is 0 Å². The van der Waals surface area contributed by atoms with Crippen LogP contribution in [0.3, 0.4) is 0 Å². The second-order valence-electron chi connectivity index (χ2n) is 8.65. The fourth-order valence-electron chi connectivity index (χ4n) is 5.09. The Labute approximate surface area is 191 Å². The molecule has 1 N–H and O–H groups in total. The van der Waals surface area contributed by atoms with Crippen LogP contribution in [0.4, 0.5) is 24.3 Å². The number of halogens is 3. The zero-order valence-corrected chi connectivity index (χ0v) is 18.5. The highest BCUT2D eigenvalue weighted by atomic mass is 32.1. The van der Waals surface area contributed by atoms with E-state index in [1.807, 2.05) is 6.92 Å². The van der Waals surface area contributed by atoms with E-state index in [1.165, 1.54) is 22.1 Å². The van der Waals surface area contributed by atoms with E-state index < -0.39 is 17.5 Å². The molecular weight excluding hydrogens is 451 g/mol. The number of aryl methyl sites for hydroxylation is 1. The van der Waals surface area contributed by atoms with Crippen LogP contribution in [0.1, 0.15) is 18.7 Å². The number of fused-ring (bicyclic) bond motifs is 3. The van der Waals surface area contributed by atoms with E-state index in [9.17, 15) is 13.2 Å². The van der Waals surface area contributed by atoms with Gasteiger partial charge < -0.3 is 10.2 Å². The first kappa shape index (κ1) is 20.4. The van der Waals surface area contributed by atoms with Crippen molar-refractivity contribution >= 4 is 28.3 Å². The normalized spacial score (nSPS) is 22.3. The molecular formula is C22H20F3N7S. The highest BCUT2D eigenvalue weighted by molar-refractivity contribution is 7.09. The number of pyridine rings is 1. The fourth-order valence-corrected chi connectivity index (χ4v) is 5.78. The number of nitrogens with one attached hydrogen (secondary N) is 1. The maximum absolute atomic E-state index is 14.4. The van der Waals surface area contributed by atoms with Gasteiger partial charge in [0.15, 0.2) is 23.1 Å². The van der Waals surface area contributed by atoms with Crippen LogP contribution in [0.2, 0.25) is 0 Å². The van der Waals surface area contributed by atoms with Crippen LogP contribution in [0.15, 0.2) is 30.5 Å². The largest absolute Gasteiger partial charge is 0.349 e. The Bertz CT molecular complexity index is 1340. The van der Waals surface area contributed by atoms with E-state index in [0.29, 0.717) is 29.0 Å². The molecule has 11 heteroatoms. The molecule has 4 heterocycles. The van der Waals surface area contributed by atoms with Crippen molar-refractivity contribution in [2.45, 2.75) is 25.8 Å². The topological polar surface area (TPSA) is 71.2 Å². The summed E-state index contributed by atoms with van der Waals surface area (Å²) in [6.45, 7) is 3.68. The number of hydrogen-bond donors (Lipinski definition) is 1. The lowest BCUT2D eigenvalue weighted by molar-refractivity contribution is 0.376. The molecule has 2 unspecified atom stereocenters. The number of rotatable bonds is 4. The molecule has 0 amide bonds. The summed E-state index contributed by atoms with van der Waals surface area (Å²) in [6, 6.07) is 5.65. The predicted octanol–water partition coefficient (Wildman–Crippen LogP) is 4.30. The Morgan fingerprint density at radius 2 is 1.79 bits per heavy atom. The number of aromatic nitrogens is 5. The van der Waals surface area contributed by atoms with Crippen LogP contribution in [0.5, 0.6) is 0 Å². The van der Waals surface area contributed by atoms with Crippen molar-refractivity contribution in [1.29, 1.82) is 0 Å². The van der Waals surface area contributed by atoms with Crippen molar-refractivity contribution in [3.63, 3.8) is 0 Å². The van der Waals surface area contributed by atoms with Gasteiger partial charge in [0.1, 0.15) is 5.82 Å². The van der Waals surface area contributed by atoms with Crippen LogP contribution in [-0.2, 0) is 0 Å². The molecule has 2 fully saturated rings. The maximum atomic E-state index is 14.4. The Morgan fingerprint density at radius 3 is 2.52 bits per heavy atom. The van der Waals surface area contributed by atoms with Gasteiger partial charge in [-0.1, -0.05) is 0 Å². The van der Waals surface area contributed by atoms with Crippen LogP contribution in [-0.4, -0.2) is 43.1 Å². The SMILES string of the molecule is Cc1nsc(N2CC3CCC(C2)C3Nc2nc3c(-c4ccc(F)c(F)c4F)cccn3n2)n1. The molecule has 2 bridgehead atoms. The summed E-state index contributed by atoms with van der Waals surface area (Å²) >= 11 is 1.43. The van der Waals surface area contributed by atoms with E-state index in [2.05, 4.69) is 29.7 Å². The third-order valence-electron chi connectivity index (χ3n) is 6.60. The molecule has 1 saturated carbocycles. The first-order valence-electron chi connectivity index (χ1n) is 10.8. The van der Waals surface area contributed by atoms with Gasteiger partial charge in [-0.25, -0.2) is 22.7 Å². The molecule has 1 aromatic carbocycles. The molecule has 3 aromatic heterocycles. The molecule has 4 aromatic rings. The van der Waals surface area contributed by atoms with Gasteiger partial charge in [0, 0.05) is 48.0 Å². The molecule has 1 saturated heterocycles. The molecule has 7 nitrogen and oxygen atoms in total. The van der Waals surface area contributed by atoms with Crippen LogP contribution in [0.25, 0.3) is 16.8 Å². The molecule has 2 atom stereocenters. The van der Waals surface area contributed by atoms with Crippen molar-refractivity contribution in [3.8, 4) is 11.1 Å². The maximum Gasteiger partial charge on any atom is 0.243 e. The molecule has 6 rings (SSSR count). The highest BCUT2D eigenvalue weighted by Crippen LogP contribution is 2.40. The molecule has 1 aliphatic carbocycles. The van der Waals surface area contributed by atoms with Crippen molar-refractivity contribution in [1.82, 2.24) is 24.0 Å². The third kappa shape index (κ3) is 3.41. The van der Waals surface area contributed by atoms with Crippen molar-refractivity contribution in [2.75, 3.05) is 23.3 Å². The first-order valence-corrected chi connectivity index (χ1v) is 11.6. The molecule has 33 heavy (non-hydrogen) atoms. The summed E-state index contributed by atoms with van der Waals surface area (Å²) in [7, 11) is 0. The summed E-state index contributed by atoms with van der Waals surface area (Å²) in [5.41, 5.74) is 0.664. The second-order valence-corrected chi connectivity index (χ2v) is 9.38. The quantitative estimate of drug-likeness (QED) is 0.448. The average Bonchev–Trinajstić information content (AvgIpc) is 3.48. The van der Waals surface area contributed by atoms with Crippen molar-refractivity contribution in [2.24, 2.45) is 11.8 Å². The number of nitrogens with zero attached hydrogens (tertiary/aromatic N) is 6. The number of benzene rings is 1. The average molecular weight is 472 g/mol. The summed E-state index contributed by atoms with van der Waals surface area (Å²) < 4.78 is 47.5. The molecule has 0 spiro atoms. The van der Waals surface area contributed by atoms with Gasteiger partial charge in [-0.3, -0.25) is 0 Å². The van der Waals surface area contributed by atoms with Gasteiger partial charge in [0.2, 0.25) is 11.1 Å². The summed E-state index contributed by atoms with van der Waals surface area (Å²) in [5.74, 6) is -1.89. The minimum absolute atomic E-state index is 0.0563. The van der Waals surface area contributed by atoms with Crippen LogP contribution >= 0.6 is 11.5 Å². The Morgan fingerprint density at radius 1 is 1.00 bits per heavy atom. The van der Waals surface area contributed by atoms with E-state index >= 15 is 0 Å². The first-order chi connectivity index (χ1) is 16.0. The van der Waals surface area contributed by atoms with Gasteiger partial charge in [0.25, 0.3) is 0 Å². The second kappa shape index (κ2) is 7.68. The van der Waals surface area contributed by atoms with Gasteiger partial charge in [-0.05, 0) is 55.9 Å². The molecule has 0 radical (unpaired) electrons. The molecule has 1 aliphatic heterocycles. The number of piperidine rings is 1. The smallest absolute Gasteiger partial charge is 0.243 e. The van der Waals surface area contributed by atoms with Gasteiger partial charge >= 0.3 is 0 Å². The lowest BCUT2D eigenvalue weighted by Gasteiger charge is -2.37. The van der Waals surface area contributed by atoms with Gasteiger partial charge in [-0.2, -0.15) is 9.36 Å². The molecule has 2 aliphatic rings. The van der Waals surface area contributed by atoms with E-state index in [4.69, 9.17) is 0 Å². The lowest BCUT2D eigenvalue weighted by atomic mass is 9.92. The van der Waals surface area contributed by atoms with E-state index in [1.54, 1.807) is 18.3 Å². The van der Waals surface area contributed by atoms with E-state index in [-0.39, 0.29) is 11.6 Å². The summed E-state index contributed by atoms with van der Waals surface area (Å²) in [4.78, 5) is 11.4. The summed E-state index contributed by atoms with van der Waals surface area (Å²) in [6.07, 6.45) is 3.91. The Hall–Kier alpha value is -3.21. The minimum Gasteiger partial charge on any atom is -0.349 e. The standard InChI is InChI=1S/C22H20F3N7S/c1-11-26-22(33-30-11)31-9-12-4-5-13(10-31)19(12)27-21-28-20-15(3-2-8-32(20)29-21)14-6-7-16(23)18(25)17(14)24/h2-3,6-8,12-13,19H,4-5,9-10H2,1H3,(H,27,29). The number of hydrogen-bond acceptors (Lipinski definition) is 7. The lowest BCUT2D eigenvalue weighted by Crippen LogP contribution is -2.48. The van der Waals surface area contributed by atoms with Crippen LogP contribution in [0, 0.1) is 36.2 Å². The predicted molar refractivity (Wildman–Crippen MR) is 119 cm³/mol. The molecule has 170 valence electrons. The van der Waals surface area contributed by atoms with Gasteiger partial charge in [-0.15, -0.1) is 5.10 Å². The summed E-state index contributed by atoms with van der Waals surface area (Å²) in [5, 5.41) is 8.97. The monoisotopic (exact) mass is 471 g/mol. The Kier molecular flexibility index (Phi) is 4.75. The minimum atomic E-state index is -1.50. The number of anilines is 2. The van der Waals surface area contributed by atoms with Crippen LogP contribution < -0.4 is 10.2 Å². The fraction of sp³-hybridized carbons (Fsp3) is 0.364. The highest BCUT2D eigenvalue weighted by Gasteiger charge is 2.43. The van der Waals surface area contributed by atoms with Crippen molar-refractivity contribution < 1.29 is 13.2 Å². The Balaban J connectivity index is 1.28. The van der Waals surface area contributed by atoms with E-state index in [0.717, 1.165) is 43.0 Å². The zero-order valence-electron chi connectivity index (χ0n) is 17.7. The zero-order chi connectivity index (χ0) is 22.7. The third-order valence-corrected chi connectivity index (χ3v) is 7.47.